The second-order valence-corrected chi connectivity index (χ2v) is 10.0. The maximum atomic E-state index is 12.6. The number of hydrogen-bond donors (Lipinski definition) is 2. The largest absolute Gasteiger partial charge is 0.534 e. The van der Waals surface area contributed by atoms with Crippen molar-refractivity contribution < 1.29 is 35.4 Å². The first-order valence-corrected chi connectivity index (χ1v) is 13.0. The molecular formula is C25H28F3N3O5S. The van der Waals surface area contributed by atoms with Crippen LogP contribution in [0.2, 0.25) is 0 Å². The van der Waals surface area contributed by atoms with E-state index in [1.807, 2.05) is 0 Å². The van der Waals surface area contributed by atoms with Crippen molar-refractivity contribution in [3.63, 3.8) is 0 Å². The highest BCUT2D eigenvalue weighted by molar-refractivity contribution is 7.88. The van der Waals surface area contributed by atoms with Gasteiger partial charge in [-0.15, -0.1) is 0 Å². The summed E-state index contributed by atoms with van der Waals surface area (Å²) in [6.07, 6.45) is 5.23. The number of hydrogen-bond acceptors (Lipinski definition) is 6. The summed E-state index contributed by atoms with van der Waals surface area (Å²) in [5.41, 5.74) is -2.60. The molecule has 0 bridgehead atoms. The highest BCUT2D eigenvalue weighted by Crippen LogP contribution is 2.29. The molecule has 2 aromatic carbocycles. The number of nitrogens with zero attached hydrogens (tertiary/aromatic N) is 1. The highest BCUT2D eigenvalue weighted by atomic mass is 32.2. The van der Waals surface area contributed by atoms with Crippen molar-refractivity contribution in [2.24, 2.45) is 0 Å². The Morgan fingerprint density at radius 3 is 2.62 bits per heavy atom. The number of alkyl halides is 3. The van der Waals surface area contributed by atoms with Crippen molar-refractivity contribution in [2.45, 2.75) is 31.3 Å². The summed E-state index contributed by atoms with van der Waals surface area (Å²) in [4.78, 5) is 25.9. The zero-order chi connectivity index (χ0) is 27.1. The fourth-order valence-corrected chi connectivity index (χ4v) is 4.29. The quantitative estimate of drug-likeness (QED) is 0.208. The first kappa shape index (κ1) is 28.2. The molecule has 0 fully saturated rings. The van der Waals surface area contributed by atoms with Gasteiger partial charge in [-0.2, -0.15) is 21.6 Å². The Morgan fingerprint density at radius 1 is 1.11 bits per heavy atom. The van der Waals surface area contributed by atoms with Crippen LogP contribution in [0.1, 0.15) is 39.9 Å². The fraction of sp³-hybridized carbons (Fsp3) is 0.360. The number of halogens is 3. The molecule has 1 aliphatic rings. The van der Waals surface area contributed by atoms with Crippen molar-refractivity contribution >= 4 is 28.0 Å². The van der Waals surface area contributed by atoms with Crippen LogP contribution >= 0.6 is 0 Å². The molecule has 200 valence electrons. The zero-order valence-electron chi connectivity index (χ0n) is 20.2. The van der Waals surface area contributed by atoms with Gasteiger partial charge in [0.05, 0.1) is 0 Å². The highest BCUT2D eigenvalue weighted by Gasteiger charge is 2.48. The minimum atomic E-state index is -5.71. The predicted molar refractivity (Wildman–Crippen MR) is 132 cm³/mol. The van der Waals surface area contributed by atoms with E-state index in [0.717, 1.165) is 36.1 Å². The van der Waals surface area contributed by atoms with Gasteiger partial charge in [0.2, 0.25) is 5.91 Å². The van der Waals surface area contributed by atoms with Gasteiger partial charge in [-0.05, 0) is 72.8 Å². The lowest BCUT2D eigenvalue weighted by Gasteiger charge is -2.29. The lowest BCUT2D eigenvalue weighted by molar-refractivity contribution is -0.116. The van der Waals surface area contributed by atoms with Crippen LogP contribution in [0, 0.1) is 0 Å². The van der Waals surface area contributed by atoms with E-state index in [0.29, 0.717) is 31.6 Å². The number of fused-ring (bicyclic) bond motifs is 1. The van der Waals surface area contributed by atoms with Gasteiger partial charge < -0.3 is 14.8 Å². The summed E-state index contributed by atoms with van der Waals surface area (Å²) >= 11 is 0. The molecule has 2 N–H and O–H groups in total. The van der Waals surface area contributed by atoms with Gasteiger partial charge in [-0.25, -0.2) is 0 Å². The van der Waals surface area contributed by atoms with Crippen LogP contribution < -0.4 is 14.8 Å². The molecule has 8 nitrogen and oxygen atoms in total. The zero-order valence-corrected chi connectivity index (χ0v) is 21.0. The predicted octanol–water partition coefficient (Wildman–Crippen LogP) is 3.24. The number of rotatable bonds is 10. The maximum absolute atomic E-state index is 12.6. The standard InChI is InChI=1S/C25H28F3N3O5S/c1-29-24(33)20-6-4-5-18(15-20)7-10-23(32)30-12-2-3-13-31-14-11-19-8-9-22(16-21(19)17-31)36-37(34,35)25(26,27)28/h4-10,15-16H,2-3,11-14,17H2,1H3,(H,29,33)(H,30,32)/b10-7+. The first-order valence-electron chi connectivity index (χ1n) is 11.6. The normalized spacial score (nSPS) is 14.3. The molecular weight excluding hydrogens is 511 g/mol. The summed E-state index contributed by atoms with van der Waals surface area (Å²) in [5.74, 6) is -0.826. The third-order valence-electron chi connectivity index (χ3n) is 5.76. The summed E-state index contributed by atoms with van der Waals surface area (Å²) in [5, 5.41) is 5.35. The van der Waals surface area contributed by atoms with E-state index in [1.165, 1.54) is 18.2 Å². The fourth-order valence-electron chi connectivity index (χ4n) is 3.84. The average molecular weight is 540 g/mol. The smallest absolute Gasteiger partial charge is 0.376 e. The third kappa shape index (κ3) is 8.05. The molecule has 1 heterocycles. The van der Waals surface area contributed by atoms with Gasteiger partial charge in [-0.1, -0.05) is 18.2 Å². The van der Waals surface area contributed by atoms with E-state index in [9.17, 15) is 31.2 Å². The van der Waals surface area contributed by atoms with Crippen molar-refractivity contribution in [1.29, 1.82) is 0 Å². The lowest BCUT2D eigenvalue weighted by Crippen LogP contribution is -2.32. The molecule has 1 aliphatic heterocycles. The minimum absolute atomic E-state index is 0.208. The summed E-state index contributed by atoms with van der Waals surface area (Å²) < 4.78 is 64.5. The topological polar surface area (TPSA) is 105 Å². The van der Waals surface area contributed by atoms with Gasteiger partial charge >= 0.3 is 15.6 Å². The second kappa shape index (κ2) is 12.2. The van der Waals surface area contributed by atoms with Crippen LogP contribution in [0.5, 0.6) is 5.75 Å². The maximum Gasteiger partial charge on any atom is 0.534 e. The number of unbranched alkanes of at least 4 members (excludes halogenated alkanes) is 1. The lowest BCUT2D eigenvalue weighted by atomic mass is 9.99. The van der Waals surface area contributed by atoms with Gasteiger partial charge in [0, 0.05) is 38.3 Å². The van der Waals surface area contributed by atoms with Crippen molar-refractivity contribution in [3.8, 4) is 5.75 Å². The first-order chi connectivity index (χ1) is 17.5. The third-order valence-corrected chi connectivity index (χ3v) is 6.74. The Balaban J connectivity index is 1.41. The second-order valence-electron chi connectivity index (χ2n) is 8.48. The number of carbonyl (C=O) groups is 2. The summed E-state index contributed by atoms with van der Waals surface area (Å²) in [6.45, 7) is 2.41. The molecule has 0 aromatic heterocycles. The molecule has 2 amide bonds. The van der Waals surface area contributed by atoms with Crippen molar-refractivity contribution in [3.05, 3.63) is 70.8 Å². The van der Waals surface area contributed by atoms with Crippen LogP contribution in [0.3, 0.4) is 0 Å². The van der Waals surface area contributed by atoms with E-state index >= 15 is 0 Å². The van der Waals surface area contributed by atoms with E-state index in [-0.39, 0.29) is 17.6 Å². The molecule has 2 aromatic rings. The Hall–Kier alpha value is -3.38. The number of amides is 2. The van der Waals surface area contributed by atoms with E-state index in [2.05, 4.69) is 19.7 Å². The molecule has 0 radical (unpaired) electrons. The molecule has 0 aliphatic carbocycles. The molecule has 0 spiro atoms. The summed E-state index contributed by atoms with van der Waals surface area (Å²) in [6, 6.07) is 11.0. The van der Waals surface area contributed by atoms with E-state index in [1.54, 1.807) is 43.5 Å². The van der Waals surface area contributed by atoms with Gasteiger partial charge in [-0.3, -0.25) is 14.5 Å². The molecule has 0 saturated heterocycles. The molecule has 37 heavy (non-hydrogen) atoms. The van der Waals surface area contributed by atoms with Crippen LogP contribution in [0.15, 0.2) is 48.5 Å². The number of carbonyl (C=O) groups excluding carboxylic acids is 2. The van der Waals surface area contributed by atoms with Gasteiger partial charge in [0.1, 0.15) is 5.75 Å². The van der Waals surface area contributed by atoms with Crippen LogP contribution in [-0.4, -0.2) is 57.3 Å². The van der Waals surface area contributed by atoms with E-state index < -0.39 is 15.6 Å². The van der Waals surface area contributed by atoms with Crippen molar-refractivity contribution in [2.75, 3.05) is 26.7 Å². The Bertz CT molecular complexity index is 1260. The molecule has 0 saturated carbocycles. The SMILES string of the molecule is CNC(=O)c1cccc(/C=C/C(=O)NCCCCN2CCc3ccc(OS(=O)(=O)C(F)(F)F)cc3C2)c1. The Labute approximate surface area is 213 Å². The van der Waals surface area contributed by atoms with E-state index in [4.69, 9.17) is 0 Å². The van der Waals surface area contributed by atoms with Crippen LogP contribution in [0.4, 0.5) is 13.2 Å². The Morgan fingerprint density at radius 2 is 1.89 bits per heavy atom. The monoisotopic (exact) mass is 539 g/mol. The average Bonchev–Trinajstić information content (AvgIpc) is 2.85. The molecule has 0 unspecified atom stereocenters. The summed E-state index contributed by atoms with van der Waals surface area (Å²) in [7, 11) is -4.17. The van der Waals surface area contributed by atoms with Crippen LogP contribution in [0.25, 0.3) is 6.08 Å². The van der Waals surface area contributed by atoms with Gasteiger partial charge in [0.25, 0.3) is 5.91 Å². The van der Waals surface area contributed by atoms with Gasteiger partial charge in [0.15, 0.2) is 0 Å². The Kier molecular flexibility index (Phi) is 9.33. The van der Waals surface area contributed by atoms with Crippen LogP contribution in [-0.2, 0) is 27.9 Å². The van der Waals surface area contributed by atoms with Crippen molar-refractivity contribution in [1.82, 2.24) is 15.5 Å². The molecule has 12 heteroatoms. The minimum Gasteiger partial charge on any atom is -0.376 e. The molecule has 3 rings (SSSR count). The molecule has 0 atom stereocenters. The number of benzene rings is 2. The number of nitrogens with one attached hydrogen (secondary N) is 2.